The summed E-state index contributed by atoms with van der Waals surface area (Å²) in [6.45, 7) is 3.03. The highest BCUT2D eigenvalue weighted by Gasteiger charge is 2.21. The summed E-state index contributed by atoms with van der Waals surface area (Å²) in [6.07, 6.45) is 4.30. The van der Waals surface area contributed by atoms with Gasteiger partial charge in [0.2, 0.25) is 0 Å². The van der Waals surface area contributed by atoms with E-state index in [1.54, 1.807) is 24.3 Å². The molecule has 0 bridgehead atoms. The Kier molecular flexibility index (Phi) is 7.20. The van der Waals surface area contributed by atoms with E-state index < -0.39 is 5.97 Å². The van der Waals surface area contributed by atoms with Gasteiger partial charge in [0, 0.05) is 18.2 Å². The summed E-state index contributed by atoms with van der Waals surface area (Å²) in [7, 11) is 1.34. The van der Waals surface area contributed by atoms with Crippen molar-refractivity contribution < 1.29 is 14.3 Å². The largest absolute Gasteiger partial charge is 0.465 e. The van der Waals surface area contributed by atoms with Crippen LogP contribution in [-0.4, -0.2) is 49.6 Å². The molecular weight excluding hydrogens is 352 g/mol. The van der Waals surface area contributed by atoms with Crippen LogP contribution in [0.25, 0.3) is 0 Å². The molecule has 1 N–H and O–H groups in total. The maximum absolute atomic E-state index is 12.5. The Labute approximate surface area is 166 Å². The zero-order valence-corrected chi connectivity index (χ0v) is 16.4. The highest BCUT2D eigenvalue weighted by molar-refractivity contribution is 5.96. The number of methoxy groups -OCH3 is 1. The molecule has 148 valence electrons. The summed E-state index contributed by atoms with van der Waals surface area (Å²) in [5.41, 5.74) is 2.38. The number of nitrogens with zero attached hydrogens (tertiary/aromatic N) is 1. The average Bonchev–Trinajstić information content (AvgIpc) is 2.74. The number of nitrogens with one attached hydrogen (secondary N) is 1. The van der Waals surface area contributed by atoms with Crippen molar-refractivity contribution in [3.63, 3.8) is 0 Å². The number of piperidine rings is 1. The zero-order chi connectivity index (χ0) is 19.8. The van der Waals surface area contributed by atoms with Gasteiger partial charge in [-0.15, -0.1) is 0 Å². The van der Waals surface area contributed by atoms with Crippen LogP contribution in [0.4, 0.5) is 0 Å². The van der Waals surface area contributed by atoms with Crippen LogP contribution in [0.2, 0.25) is 0 Å². The first-order chi connectivity index (χ1) is 13.7. The number of carbonyl (C=O) groups excluding carboxylic acids is 2. The molecule has 0 radical (unpaired) electrons. The van der Waals surface area contributed by atoms with E-state index in [2.05, 4.69) is 39.2 Å². The topological polar surface area (TPSA) is 58.6 Å². The van der Waals surface area contributed by atoms with E-state index >= 15 is 0 Å². The molecule has 1 aliphatic rings. The summed E-state index contributed by atoms with van der Waals surface area (Å²) in [6, 6.07) is 17.3. The van der Waals surface area contributed by atoms with Gasteiger partial charge in [-0.3, -0.25) is 4.79 Å². The molecule has 1 aliphatic heterocycles. The van der Waals surface area contributed by atoms with Crippen molar-refractivity contribution in [1.82, 2.24) is 10.2 Å². The Morgan fingerprint density at radius 1 is 1.07 bits per heavy atom. The summed E-state index contributed by atoms with van der Waals surface area (Å²) in [5, 5.41) is 3.14. The van der Waals surface area contributed by atoms with E-state index in [-0.39, 0.29) is 11.9 Å². The molecule has 2 aromatic carbocycles. The molecule has 5 nitrogen and oxygen atoms in total. The van der Waals surface area contributed by atoms with Gasteiger partial charge in [0.05, 0.1) is 12.7 Å². The lowest BCUT2D eigenvalue weighted by Gasteiger charge is -2.33. The van der Waals surface area contributed by atoms with Gasteiger partial charge in [-0.1, -0.05) is 30.3 Å². The fourth-order valence-electron chi connectivity index (χ4n) is 3.67. The first kappa shape index (κ1) is 20.1. The van der Waals surface area contributed by atoms with E-state index in [1.165, 1.54) is 12.7 Å². The number of likely N-dealkylation sites (tertiary alicyclic amines) is 1. The molecule has 0 saturated carbocycles. The number of amides is 1. The fraction of sp³-hybridized carbons (Fsp3) is 0.391. The number of benzene rings is 2. The predicted octanol–water partition coefficient (Wildman–Crippen LogP) is 3.30. The maximum atomic E-state index is 12.5. The van der Waals surface area contributed by atoms with Crippen molar-refractivity contribution in [3.05, 3.63) is 71.3 Å². The minimum absolute atomic E-state index is 0.0902. The minimum Gasteiger partial charge on any atom is -0.465 e. The van der Waals surface area contributed by atoms with Gasteiger partial charge in [-0.2, -0.15) is 0 Å². The second kappa shape index (κ2) is 10.0. The normalized spacial score (nSPS) is 17.1. The van der Waals surface area contributed by atoms with Crippen LogP contribution in [-0.2, 0) is 11.2 Å². The van der Waals surface area contributed by atoms with E-state index in [1.807, 2.05) is 6.07 Å². The van der Waals surface area contributed by atoms with Crippen LogP contribution in [0.5, 0.6) is 0 Å². The molecule has 28 heavy (non-hydrogen) atoms. The van der Waals surface area contributed by atoms with Crippen LogP contribution in [0, 0.1) is 0 Å². The maximum Gasteiger partial charge on any atom is 0.337 e. The Morgan fingerprint density at radius 3 is 2.50 bits per heavy atom. The number of hydrogen-bond donors (Lipinski definition) is 1. The van der Waals surface area contributed by atoms with Crippen LogP contribution >= 0.6 is 0 Å². The molecule has 1 heterocycles. The molecule has 3 rings (SSSR count). The zero-order valence-electron chi connectivity index (χ0n) is 16.4. The van der Waals surface area contributed by atoms with Gasteiger partial charge < -0.3 is 15.0 Å². The van der Waals surface area contributed by atoms with Crippen LogP contribution in [0.15, 0.2) is 54.6 Å². The van der Waals surface area contributed by atoms with Gasteiger partial charge in [-0.05, 0) is 68.6 Å². The molecule has 2 aromatic rings. The number of ether oxygens (including phenoxy) is 1. The van der Waals surface area contributed by atoms with Gasteiger partial charge >= 0.3 is 5.97 Å². The van der Waals surface area contributed by atoms with E-state index in [4.69, 9.17) is 0 Å². The summed E-state index contributed by atoms with van der Waals surface area (Å²) < 4.78 is 4.69. The van der Waals surface area contributed by atoms with Crippen molar-refractivity contribution in [2.75, 3.05) is 26.7 Å². The van der Waals surface area contributed by atoms with Crippen LogP contribution < -0.4 is 5.32 Å². The van der Waals surface area contributed by atoms with Gasteiger partial charge in [-0.25, -0.2) is 4.79 Å². The van der Waals surface area contributed by atoms with Crippen molar-refractivity contribution in [2.24, 2.45) is 0 Å². The second-order valence-electron chi connectivity index (χ2n) is 7.27. The summed E-state index contributed by atoms with van der Waals surface area (Å²) >= 11 is 0. The second-order valence-corrected chi connectivity index (χ2v) is 7.27. The summed E-state index contributed by atoms with van der Waals surface area (Å²) in [5.74, 6) is -0.488. The number of carbonyl (C=O) groups is 2. The van der Waals surface area contributed by atoms with E-state index in [0.29, 0.717) is 11.1 Å². The Hall–Kier alpha value is -2.66. The highest BCUT2D eigenvalue weighted by Crippen LogP contribution is 2.13. The first-order valence-electron chi connectivity index (χ1n) is 9.91. The molecular formula is C23H28N2O3. The van der Waals surface area contributed by atoms with E-state index in [9.17, 15) is 9.59 Å². The molecule has 1 unspecified atom stereocenters. The van der Waals surface area contributed by atoms with Crippen LogP contribution in [0.1, 0.15) is 45.5 Å². The third kappa shape index (κ3) is 5.67. The number of hydrogen-bond acceptors (Lipinski definition) is 4. The smallest absolute Gasteiger partial charge is 0.337 e. The predicted molar refractivity (Wildman–Crippen MR) is 109 cm³/mol. The SMILES string of the molecule is COC(=O)c1ccc(C(=O)NC2CCCN(CCCc3ccccc3)C2)cc1. The molecule has 0 spiro atoms. The Morgan fingerprint density at radius 2 is 1.79 bits per heavy atom. The number of aryl methyl sites for hydroxylation is 1. The van der Waals surface area contributed by atoms with Gasteiger partial charge in [0.25, 0.3) is 5.91 Å². The third-order valence-electron chi connectivity index (χ3n) is 5.19. The molecule has 1 saturated heterocycles. The van der Waals surface area contributed by atoms with Crippen molar-refractivity contribution >= 4 is 11.9 Å². The summed E-state index contributed by atoms with van der Waals surface area (Å²) in [4.78, 5) is 26.5. The lowest BCUT2D eigenvalue weighted by molar-refractivity contribution is 0.0600. The Bertz CT molecular complexity index is 774. The van der Waals surface area contributed by atoms with Gasteiger partial charge in [0.1, 0.15) is 0 Å². The Balaban J connectivity index is 1.46. The van der Waals surface area contributed by atoms with Crippen molar-refractivity contribution in [2.45, 2.75) is 31.7 Å². The van der Waals surface area contributed by atoms with Crippen molar-refractivity contribution in [1.29, 1.82) is 0 Å². The molecule has 1 fully saturated rings. The lowest BCUT2D eigenvalue weighted by Crippen LogP contribution is -2.47. The standard InChI is InChI=1S/C23H28N2O3/c1-28-23(27)20-13-11-19(12-14-20)22(26)24-21-10-6-16-25(17-21)15-5-9-18-7-3-2-4-8-18/h2-4,7-8,11-14,21H,5-6,9-10,15-17H2,1H3,(H,24,26). The fourth-order valence-corrected chi connectivity index (χ4v) is 3.67. The van der Waals surface area contributed by atoms with Crippen molar-refractivity contribution in [3.8, 4) is 0 Å². The van der Waals surface area contributed by atoms with Crippen LogP contribution in [0.3, 0.4) is 0 Å². The highest BCUT2D eigenvalue weighted by atomic mass is 16.5. The number of rotatable bonds is 7. The monoisotopic (exact) mass is 380 g/mol. The quantitative estimate of drug-likeness (QED) is 0.749. The van der Waals surface area contributed by atoms with Gasteiger partial charge in [0.15, 0.2) is 0 Å². The third-order valence-corrected chi connectivity index (χ3v) is 5.19. The first-order valence-corrected chi connectivity index (χ1v) is 9.91. The molecule has 5 heteroatoms. The lowest BCUT2D eigenvalue weighted by atomic mass is 10.0. The average molecular weight is 380 g/mol. The molecule has 0 aromatic heterocycles. The minimum atomic E-state index is -0.398. The van der Waals surface area contributed by atoms with E-state index in [0.717, 1.165) is 45.3 Å². The molecule has 0 aliphatic carbocycles. The number of esters is 1. The molecule has 1 amide bonds. The molecule has 1 atom stereocenters.